The number of hydrogen-bond acceptors (Lipinski definition) is 5. The summed E-state index contributed by atoms with van der Waals surface area (Å²) < 4.78 is 39.9. The van der Waals surface area contributed by atoms with E-state index in [1.165, 1.54) is 13.2 Å². The molecule has 1 aromatic heterocycles. The molecule has 0 aliphatic heterocycles. The Morgan fingerprint density at radius 1 is 1.16 bits per heavy atom. The SMILES string of the molecule is COc1cc(CCNC(=O)CCc2ncc(-c3ccc(Cl)cc3Cl)o2)ccc1OC(F)F. The minimum Gasteiger partial charge on any atom is -0.493 e. The molecule has 0 saturated heterocycles. The molecular weight excluding hydrogens is 465 g/mol. The second-order valence-electron chi connectivity index (χ2n) is 6.71. The molecular formula is C22H20Cl2F2N2O4. The molecule has 6 nitrogen and oxygen atoms in total. The third kappa shape index (κ3) is 6.58. The van der Waals surface area contributed by atoms with Gasteiger partial charge in [-0.3, -0.25) is 4.79 Å². The predicted molar refractivity (Wildman–Crippen MR) is 117 cm³/mol. The van der Waals surface area contributed by atoms with E-state index in [1.807, 2.05) is 0 Å². The summed E-state index contributed by atoms with van der Waals surface area (Å²) in [7, 11) is 1.37. The highest BCUT2D eigenvalue weighted by Gasteiger charge is 2.13. The van der Waals surface area contributed by atoms with Crippen molar-refractivity contribution in [3.05, 3.63) is 64.1 Å². The van der Waals surface area contributed by atoms with Crippen molar-refractivity contribution in [2.75, 3.05) is 13.7 Å². The third-order valence-electron chi connectivity index (χ3n) is 4.50. The van der Waals surface area contributed by atoms with Gasteiger partial charge in [0.15, 0.2) is 23.1 Å². The molecule has 0 bridgehead atoms. The summed E-state index contributed by atoms with van der Waals surface area (Å²) in [4.78, 5) is 16.3. The zero-order chi connectivity index (χ0) is 23.1. The van der Waals surface area contributed by atoms with Gasteiger partial charge in [-0.15, -0.1) is 0 Å². The van der Waals surface area contributed by atoms with Gasteiger partial charge in [-0.05, 0) is 42.3 Å². The molecule has 32 heavy (non-hydrogen) atoms. The maximum absolute atomic E-state index is 12.4. The maximum Gasteiger partial charge on any atom is 0.387 e. The minimum absolute atomic E-state index is 0.0412. The summed E-state index contributed by atoms with van der Waals surface area (Å²) >= 11 is 12.1. The van der Waals surface area contributed by atoms with Crippen LogP contribution in [0.5, 0.6) is 11.5 Å². The van der Waals surface area contributed by atoms with Crippen LogP contribution in [-0.4, -0.2) is 31.2 Å². The molecule has 0 spiro atoms. The lowest BCUT2D eigenvalue weighted by Crippen LogP contribution is -2.25. The predicted octanol–water partition coefficient (Wildman–Crippen LogP) is 5.55. The molecule has 0 aliphatic rings. The Balaban J connectivity index is 1.46. The van der Waals surface area contributed by atoms with Crippen molar-refractivity contribution in [3.8, 4) is 22.8 Å². The monoisotopic (exact) mass is 484 g/mol. The van der Waals surface area contributed by atoms with Crippen LogP contribution < -0.4 is 14.8 Å². The number of aryl methyl sites for hydroxylation is 1. The highest BCUT2D eigenvalue weighted by atomic mass is 35.5. The van der Waals surface area contributed by atoms with Crippen molar-refractivity contribution in [1.82, 2.24) is 10.3 Å². The Labute approximate surface area is 193 Å². The maximum atomic E-state index is 12.4. The molecule has 1 heterocycles. The topological polar surface area (TPSA) is 73.6 Å². The summed E-state index contributed by atoms with van der Waals surface area (Å²) in [6, 6.07) is 9.71. The normalized spacial score (nSPS) is 10.9. The van der Waals surface area contributed by atoms with Crippen LogP contribution in [0.3, 0.4) is 0 Å². The summed E-state index contributed by atoms with van der Waals surface area (Å²) in [6.07, 6.45) is 2.57. The first-order valence-electron chi connectivity index (χ1n) is 9.64. The average molecular weight is 485 g/mol. The minimum atomic E-state index is -2.93. The molecule has 0 radical (unpaired) electrons. The van der Waals surface area contributed by atoms with Crippen LogP contribution in [0.2, 0.25) is 10.0 Å². The Hall–Kier alpha value is -2.84. The fourth-order valence-electron chi connectivity index (χ4n) is 2.96. The molecule has 3 rings (SSSR count). The smallest absolute Gasteiger partial charge is 0.387 e. The van der Waals surface area contributed by atoms with Crippen LogP contribution >= 0.6 is 23.2 Å². The van der Waals surface area contributed by atoms with Crippen molar-refractivity contribution in [1.29, 1.82) is 0 Å². The van der Waals surface area contributed by atoms with Crippen molar-refractivity contribution in [2.24, 2.45) is 0 Å². The molecule has 0 saturated carbocycles. The quantitative estimate of drug-likeness (QED) is 0.408. The van der Waals surface area contributed by atoms with E-state index in [4.69, 9.17) is 32.4 Å². The number of benzene rings is 2. The molecule has 1 N–H and O–H groups in total. The van der Waals surface area contributed by atoms with Crippen molar-refractivity contribution >= 4 is 29.1 Å². The van der Waals surface area contributed by atoms with Gasteiger partial charge in [0.25, 0.3) is 0 Å². The number of alkyl halides is 2. The van der Waals surface area contributed by atoms with Gasteiger partial charge in [-0.25, -0.2) is 4.98 Å². The number of oxazole rings is 1. The van der Waals surface area contributed by atoms with Gasteiger partial charge in [0.2, 0.25) is 5.91 Å². The first kappa shape index (κ1) is 23.8. The molecule has 0 unspecified atom stereocenters. The number of hydrogen-bond donors (Lipinski definition) is 1. The van der Waals surface area contributed by atoms with E-state index in [1.54, 1.807) is 36.5 Å². The molecule has 0 aliphatic carbocycles. The van der Waals surface area contributed by atoms with E-state index >= 15 is 0 Å². The van der Waals surface area contributed by atoms with Gasteiger partial charge in [0, 0.05) is 30.0 Å². The average Bonchev–Trinajstić information content (AvgIpc) is 3.21. The number of rotatable bonds is 10. The standard InChI is InChI=1S/C22H20Cl2F2N2O4/c1-30-18-10-13(2-5-17(18)32-22(25)26)8-9-27-20(29)6-7-21-28-12-19(31-21)15-4-3-14(23)11-16(15)24/h2-5,10-12,22H,6-9H2,1H3,(H,27,29). The van der Waals surface area contributed by atoms with E-state index in [9.17, 15) is 13.6 Å². The lowest BCUT2D eigenvalue weighted by molar-refractivity contribution is -0.121. The fraction of sp³-hybridized carbons (Fsp3) is 0.273. The third-order valence-corrected chi connectivity index (χ3v) is 5.04. The summed E-state index contributed by atoms with van der Waals surface area (Å²) in [6.45, 7) is -2.56. The highest BCUT2D eigenvalue weighted by molar-refractivity contribution is 6.36. The van der Waals surface area contributed by atoms with E-state index in [0.717, 1.165) is 5.56 Å². The van der Waals surface area contributed by atoms with Crippen molar-refractivity contribution < 1.29 is 27.5 Å². The van der Waals surface area contributed by atoms with Crippen LogP contribution in [-0.2, 0) is 17.6 Å². The number of amides is 1. The first-order chi connectivity index (χ1) is 15.4. The Kier molecular flexibility index (Phi) is 8.30. The van der Waals surface area contributed by atoms with Crippen LogP contribution in [0, 0.1) is 0 Å². The lowest BCUT2D eigenvalue weighted by atomic mass is 10.1. The Morgan fingerprint density at radius 3 is 2.69 bits per heavy atom. The molecule has 3 aromatic rings. The van der Waals surface area contributed by atoms with Crippen molar-refractivity contribution in [3.63, 3.8) is 0 Å². The zero-order valence-electron chi connectivity index (χ0n) is 17.0. The van der Waals surface area contributed by atoms with E-state index in [-0.39, 0.29) is 23.8 Å². The highest BCUT2D eigenvalue weighted by Crippen LogP contribution is 2.31. The second kappa shape index (κ2) is 11.2. The van der Waals surface area contributed by atoms with Gasteiger partial charge in [0.05, 0.1) is 18.3 Å². The van der Waals surface area contributed by atoms with E-state index in [2.05, 4.69) is 15.0 Å². The van der Waals surface area contributed by atoms with Crippen LogP contribution in [0.25, 0.3) is 11.3 Å². The fourth-order valence-corrected chi connectivity index (χ4v) is 3.46. The Morgan fingerprint density at radius 2 is 1.97 bits per heavy atom. The Bertz CT molecular complexity index is 1080. The lowest BCUT2D eigenvalue weighted by Gasteiger charge is -2.11. The van der Waals surface area contributed by atoms with E-state index in [0.29, 0.717) is 46.6 Å². The number of methoxy groups -OCH3 is 1. The number of nitrogens with one attached hydrogen (secondary N) is 1. The molecule has 1 amide bonds. The number of halogens is 4. The van der Waals surface area contributed by atoms with Gasteiger partial charge in [-0.1, -0.05) is 29.3 Å². The first-order valence-corrected chi connectivity index (χ1v) is 10.4. The van der Waals surface area contributed by atoms with Crippen LogP contribution in [0.4, 0.5) is 8.78 Å². The number of nitrogens with zero attached hydrogens (tertiary/aromatic N) is 1. The van der Waals surface area contributed by atoms with Crippen LogP contribution in [0.1, 0.15) is 17.9 Å². The van der Waals surface area contributed by atoms with Gasteiger partial charge in [0.1, 0.15) is 0 Å². The van der Waals surface area contributed by atoms with E-state index < -0.39 is 6.61 Å². The molecule has 0 fully saturated rings. The number of carbonyl (C=O) groups is 1. The second-order valence-corrected chi connectivity index (χ2v) is 7.55. The molecule has 2 aromatic carbocycles. The number of aromatic nitrogens is 1. The number of carbonyl (C=O) groups excluding carboxylic acids is 1. The summed E-state index contributed by atoms with van der Waals surface area (Å²) in [5.74, 6) is 0.907. The van der Waals surface area contributed by atoms with Gasteiger partial charge >= 0.3 is 6.61 Å². The largest absolute Gasteiger partial charge is 0.493 e. The van der Waals surface area contributed by atoms with Gasteiger partial charge in [-0.2, -0.15) is 8.78 Å². The number of ether oxygens (including phenoxy) is 2. The summed E-state index contributed by atoms with van der Waals surface area (Å²) in [5, 5.41) is 3.77. The molecule has 10 heteroatoms. The zero-order valence-corrected chi connectivity index (χ0v) is 18.6. The van der Waals surface area contributed by atoms with Gasteiger partial charge < -0.3 is 19.2 Å². The van der Waals surface area contributed by atoms with Crippen molar-refractivity contribution in [2.45, 2.75) is 25.9 Å². The molecule has 170 valence electrons. The molecule has 0 atom stereocenters. The summed E-state index contributed by atoms with van der Waals surface area (Å²) in [5.41, 5.74) is 1.47. The van der Waals surface area contributed by atoms with Crippen LogP contribution in [0.15, 0.2) is 47.0 Å².